The highest BCUT2D eigenvalue weighted by Gasteiger charge is 2.13. The zero-order valence-corrected chi connectivity index (χ0v) is 12.0. The molecule has 21 heavy (non-hydrogen) atoms. The summed E-state index contributed by atoms with van der Waals surface area (Å²) in [6.45, 7) is 3.97. The molecule has 0 amide bonds. The van der Waals surface area contributed by atoms with E-state index in [2.05, 4.69) is 5.32 Å². The molecule has 110 valence electrons. The normalized spacial score (nSPS) is 12.1. The van der Waals surface area contributed by atoms with Gasteiger partial charge < -0.3 is 5.32 Å². The predicted molar refractivity (Wildman–Crippen MR) is 79.5 cm³/mol. The van der Waals surface area contributed by atoms with Gasteiger partial charge in [0.25, 0.3) is 5.69 Å². The van der Waals surface area contributed by atoms with E-state index in [1.807, 2.05) is 13.0 Å². The van der Waals surface area contributed by atoms with Crippen molar-refractivity contribution >= 4 is 5.69 Å². The maximum atomic E-state index is 13.6. The largest absolute Gasteiger partial charge is 0.306 e. The fraction of sp³-hybridized carbons (Fsp3) is 0.250. The number of benzene rings is 2. The molecule has 2 rings (SSSR count). The molecule has 0 saturated heterocycles. The highest BCUT2D eigenvalue weighted by atomic mass is 19.1. The lowest BCUT2D eigenvalue weighted by atomic mass is 10.1. The summed E-state index contributed by atoms with van der Waals surface area (Å²) in [5, 5.41) is 14.1. The van der Waals surface area contributed by atoms with Gasteiger partial charge in [-0.15, -0.1) is 0 Å². The van der Waals surface area contributed by atoms with Gasteiger partial charge in [-0.1, -0.05) is 30.3 Å². The van der Waals surface area contributed by atoms with Crippen LogP contribution < -0.4 is 5.32 Å². The number of nitro groups is 1. The Bertz CT molecular complexity index is 658. The van der Waals surface area contributed by atoms with E-state index < -0.39 is 4.92 Å². The number of hydrogen-bond acceptors (Lipinski definition) is 3. The Morgan fingerprint density at radius 2 is 2.00 bits per heavy atom. The van der Waals surface area contributed by atoms with Crippen molar-refractivity contribution in [3.8, 4) is 0 Å². The Morgan fingerprint density at radius 3 is 2.67 bits per heavy atom. The molecular formula is C16H17FN2O2. The molecule has 2 aromatic rings. The van der Waals surface area contributed by atoms with Crippen LogP contribution in [0.25, 0.3) is 0 Å². The second kappa shape index (κ2) is 6.45. The van der Waals surface area contributed by atoms with Crippen LogP contribution in [0.4, 0.5) is 10.1 Å². The van der Waals surface area contributed by atoms with Gasteiger partial charge >= 0.3 is 0 Å². The first-order chi connectivity index (χ1) is 9.99. The lowest BCUT2D eigenvalue weighted by Gasteiger charge is -2.15. The van der Waals surface area contributed by atoms with E-state index in [0.29, 0.717) is 17.7 Å². The molecule has 0 aliphatic heterocycles. The molecule has 0 aromatic heterocycles. The maximum absolute atomic E-state index is 13.6. The second-order valence-electron chi connectivity index (χ2n) is 5.00. The molecule has 0 saturated carbocycles. The van der Waals surface area contributed by atoms with Crippen LogP contribution in [-0.2, 0) is 6.54 Å². The molecule has 0 fully saturated rings. The highest BCUT2D eigenvalue weighted by Crippen LogP contribution is 2.20. The van der Waals surface area contributed by atoms with Crippen LogP contribution in [0.1, 0.15) is 29.7 Å². The first-order valence-electron chi connectivity index (χ1n) is 6.70. The van der Waals surface area contributed by atoms with Gasteiger partial charge in [0.1, 0.15) is 5.82 Å². The number of aryl methyl sites for hydroxylation is 1. The standard InChI is InChI=1S/C16H17FN2O2/c1-11-7-8-13(9-15(11)17)12(2)18-10-14-5-3-4-6-16(14)19(20)21/h3-9,12,18H,10H2,1-2H3. The van der Waals surface area contributed by atoms with Crippen molar-refractivity contribution in [2.75, 3.05) is 0 Å². The third kappa shape index (κ3) is 3.64. The molecule has 0 heterocycles. The number of halogens is 1. The molecule has 1 atom stereocenters. The van der Waals surface area contributed by atoms with Crippen LogP contribution >= 0.6 is 0 Å². The molecule has 5 heteroatoms. The molecule has 0 spiro atoms. The van der Waals surface area contributed by atoms with E-state index in [4.69, 9.17) is 0 Å². The average Bonchev–Trinajstić information content (AvgIpc) is 2.47. The third-order valence-corrected chi connectivity index (χ3v) is 3.48. The molecule has 0 radical (unpaired) electrons. The van der Waals surface area contributed by atoms with E-state index in [0.717, 1.165) is 5.56 Å². The first-order valence-corrected chi connectivity index (χ1v) is 6.70. The van der Waals surface area contributed by atoms with E-state index in [9.17, 15) is 14.5 Å². The van der Waals surface area contributed by atoms with Gasteiger partial charge in [0, 0.05) is 24.2 Å². The van der Waals surface area contributed by atoms with Crippen LogP contribution in [0.15, 0.2) is 42.5 Å². The molecule has 2 aromatic carbocycles. The number of nitrogens with zero attached hydrogens (tertiary/aromatic N) is 1. The molecule has 1 unspecified atom stereocenters. The van der Waals surface area contributed by atoms with Crippen molar-refractivity contribution < 1.29 is 9.31 Å². The summed E-state index contributed by atoms with van der Waals surface area (Å²) in [7, 11) is 0. The average molecular weight is 288 g/mol. The predicted octanol–water partition coefficient (Wildman–Crippen LogP) is 3.89. The van der Waals surface area contributed by atoms with Crippen LogP contribution in [0, 0.1) is 22.9 Å². The summed E-state index contributed by atoms with van der Waals surface area (Å²) in [5.74, 6) is -0.244. The SMILES string of the molecule is Cc1ccc(C(C)NCc2ccccc2[N+](=O)[O-])cc1F. The van der Waals surface area contributed by atoms with Crippen molar-refractivity contribution in [1.29, 1.82) is 0 Å². The molecule has 4 nitrogen and oxygen atoms in total. The Hall–Kier alpha value is -2.27. The first kappa shape index (κ1) is 15.1. The van der Waals surface area contributed by atoms with Gasteiger partial charge in [-0.25, -0.2) is 4.39 Å². The molecule has 1 N–H and O–H groups in total. The van der Waals surface area contributed by atoms with Crippen molar-refractivity contribution in [3.05, 3.63) is 75.1 Å². The zero-order valence-electron chi connectivity index (χ0n) is 12.0. The van der Waals surface area contributed by atoms with Crippen LogP contribution in [0.5, 0.6) is 0 Å². The van der Waals surface area contributed by atoms with E-state index in [1.54, 1.807) is 31.2 Å². The minimum atomic E-state index is -0.396. The Balaban J connectivity index is 2.09. The number of para-hydroxylation sites is 1. The Labute approximate surface area is 122 Å². The lowest BCUT2D eigenvalue weighted by Crippen LogP contribution is -2.19. The van der Waals surface area contributed by atoms with Gasteiger partial charge in [-0.05, 0) is 31.0 Å². The quantitative estimate of drug-likeness (QED) is 0.670. The van der Waals surface area contributed by atoms with E-state index >= 15 is 0 Å². The highest BCUT2D eigenvalue weighted by molar-refractivity contribution is 5.39. The number of hydrogen-bond donors (Lipinski definition) is 1. The second-order valence-corrected chi connectivity index (χ2v) is 5.00. The summed E-state index contributed by atoms with van der Waals surface area (Å²) in [5.41, 5.74) is 2.12. The van der Waals surface area contributed by atoms with Gasteiger partial charge in [0.2, 0.25) is 0 Å². The maximum Gasteiger partial charge on any atom is 0.273 e. The van der Waals surface area contributed by atoms with E-state index in [-0.39, 0.29) is 17.5 Å². The van der Waals surface area contributed by atoms with Crippen LogP contribution in [-0.4, -0.2) is 4.92 Å². The number of nitro benzene ring substituents is 1. The topological polar surface area (TPSA) is 55.2 Å². The fourth-order valence-electron chi connectivity index (χ4n) is 2.10. The van der Waals surface area contributed by atoms with Gasteiger partial charge in [-0.2, -0.15) is 0 Å². The minimum absolute atomic E-state index is 0.0901. The van der Waals surface area contributed by atoms with Crippen molar-refractivity contribution in [2.24, 2.45) is 0 Å². The summed E-state index contributed by atoms with van der Waals surface area (Å²) in [4.78, 5) is 10.6. The number of nitrogens with one attached hydrogen (secondary N) is 1. The summed E-state index contributed by atoms with van der Waals surface area (Å²) < 4.78 is 13.6. The minimum Gasteiger partial charge on any atom is -0.306 e. The molecular weight excluding hydrogens is 271 g/mol. The summed E-state index contributed by atoms with van der Waals surface area (Å²) >= 11 is 0. The third-order valence-electron chi connectivity index (χ3n) is 3.48. The van der Waals surface area contributed by atoms with Gasteiger partial charge in [0.05, 0.1) is 4.92 Å². The van der Waals surface area contributed by atoms with E-state index in [1.165, 1.54) is 12.1 Å². The van der Waals surface area contributed by atoms with Gasteiger partial charge in [-0.3, -0.25) is 10.1 Å². The Kier molecular flexibility index (Phi) is 4.65. The summed E-state index contributed by atoms with van der Waals surface area (Å²) in [6, 6.07) is 11.6. The van der Waals surface area contributed by atoms with Crippen molar-refractivity contribution in [1.82, 2.24) is 5.32 Å². The molecule has 0 bridgehead atoms. The van der Waals surface area contributed by atoms with Crippen molar-refractivity contribution in [3.63, 3.8) is 0 Å². The molecule has 0 aliphatic rings. The Morgan fingerprint density at radius 1 is 1.29 bits per heavy atom. The molecule has 0 aliphatic carbocycles. The fourth-order valence-corrected chi connectivity index (χ4v) is 2.10. The summed E-state index contributed by atoms with van der Waals surface area (Å²) in [6.07, 6.45) is 0. The van der Waals surface area contributed by atoms with Gasteiger partial charge in [0.15, 0.2) is 0 Å². The smallest absolute Gasteiger partial charge is 0.273 e. The number of rotatable bonds is 5. The van der Waals surface area contributed by atoms with Crippen LogP contribution in [0.2, 0.25) is 0 Å². The lowest BCUT2D eigenvalue weighted by molar-refractivity contribution is -0.385. The van der Waals surface area contributed by atoms with Crippen molar-refractivity contribution in [2.45, 2.75) is 26.4 Å². The monoisotopic (exact) mass is 288 g/mol. The zero-order chi connectivity index (χ0) is 15.4. The van der Waals surface area contributed by atoms with Crippen LogP contribution in [0.3, 0.4) is 0 Å².